The Bertz CT molecular complexity index is 302. The maximum atomic E-state index is 11.7. The summed E-state index contributed by atoms with van der Waals surface area (Å²) in [7, 11) is 0. The van der Waals surface area contributed by atoms with Crippen LogP contribution in [0.5, 0.6) is 0 Å². The van der Waals surface area contributed by atoms with Crippen molar-refractivity contribution in [3.63, 3.8) is 0 Å². The second-order valence-electron chi connectivity index (χ2n) is 4.61. The van der Waals surface area contributed by atoms with E-state index in [0.29, 0.717) is 12.8 Å². The van der Waals surface area contributed by atoms with E-state index in [-0.39, 0.29) is 11.7 Å². The fourth-order valence-electron chi connectivity index (χ4n) is 2.76. The van der Waals surface area contributed by atoms with Gasteiger partial charge in [0.15, 0.2) is 5.78 Å². The Morgan fingerprint density at radius 2 is 2.13 bits per heavy atom. The van der Waals surface area contributed by atoms with Gasteiger partial charge in [-0.2, -0.15) is 0 Å². The molecule has 3 heteroatoms. The predicted octanol–water partition coefficient (Wildman–Crippen LogP) is 1.19. The molecule has 2 aliphatic carbocycles. The molecular formula is C12H18O3. The number of carbonyl (C=O) groups is 1. The highest BCUT2D eigenvalue weighted by molar-refractivity contribution is 5.99. The molecule has 0 aliphatic heterocycles. The van der Waals surface area contributed by atoms with E-state index >= 15 is 0 Å². The quantitative estimate of drug-likeness (QED) is 0.735. The minimum absolute atomic E-state index is 0.120. The molecule has 0 unspecified atom stereocenters. The number of aliphatic hydroxyl groups is 2. The van der Waals surface area contributed by atoms with Crippen LogP contribution >= 0.6 is 0 Å². The summed E-state index contributed by atoms with van der Waals surface area (Å²) >= 11 is 0. The molecule has 0 amide bonds. The zero-order valence-corrected chi connectivity index (χ0v) is 9.07. The number of carbonyl (C=O) groups excluding carboxylic acids is 1. The molecule has 2 aliphatic rings. The van der Waals surface area contributed by atoms with E-state index in [1.807, 2.05) is 0 Å². The highest BCUT2D eigenvalue weighted by Crippen LogP contribution is 2.43. The minimum Gasteiger partial charge on any atom is -0.390 e. The monoisotopic (exact) mass is 210 g/mol. The van der Waals surface area contributed by atoms with Gasteiger partial charge in [-0.25, -0.2) is 0 Å². The molecule has 0 aromatic heterocycles. The Morgan fingerprint density at radius 1 is 1.40 bits per heavy atom. The fraction of sp³-hybridized carbons (Fsp3) is 0.750. The van der Waals surface area contributed by atoms with Gasteiger partial charge in [0.1, 0.15) is 6.10 Å². The van der Waals surface area contributed by atoms with Gasteiger partial charge in [-0.15, -0.1) is 0 Å². The third kappa shape index (κ3) is 1.74. The van der Waals surface area contributed by atoms with Crippen LogP contribution in [0.2, 0.25) is 0 Å². The lowest BCUT2D eigenvalue weighted by Crippen LogP contribution is -2.21. The Morgan fingerprint density at radius 3 is 2.80 bits per heavy atom. The third-order valence-electron chi connectivity index (χ3n) is 3.55. The first-order valence-corrected chi connectivity index (χ1v) is 5.77. The highest BCUT2D eigenvalue weighted by atomic mass is 16.3. The molecule has 0 aromatic rings. The summed E-state index contributed by atoms with van der Waals surface area (Å²) in [4.78, 5) is 11.7. The highest BCUT2D eigenvalue weighted by Gasteiger charge is 2.44. The van der Waals surface area contributed by atoms with Gasteiger partial charge in [0, 0.05) is 6.42 Å². The van der Waals surface area contributed by atoms with Crippen LogP contribution in [-0.4, -0.2) is 28.2 Å². The number of ketones is 1. The van der Waals surface area contributed by atoms with E-state index in [1.54, 1.807) is 0 Å². The zero-order chi connectivity index (χ0) is 11.0. The maximum Gasteiger partial charge on any atom is 0.159 e. The van der Waals surface area contributed by atoms with E-state index in [2.05, 4.69) is 6.92 Å². The average molecular weight is 210 g/mol. The molecule has 0 heterocycles. The number of hydrogen-bond donors (Lipinski definition) is 2. The van der Waals surface area contributed by atoms with Crippen molar-refractivity contribution in [3.8, 4) is 0 Å². The Labute approximate surface area is 89.8 Å². The van der Waals surface area contributed by atoms with Gasteiger partial charge in [0.05, 0.1) is 6.10 Å². The second kappa shape index (κ2) is 4.06. The molecule has 1 saturated carbocycles. The summed E-state index contributed by atoms with van der Waals surface area (Å²) < 4.78 is 0. The molecule has 0 radical (unpaired) electrons. The van der Waals surface area contributed by atoms with Crippen molar-refractivity contribution in [2.45, 2.75) is 51.2 Å². The lowest BCUT2D eigenvalue weighted by atomic mass is 10.0. The van der Waals surface area contributed by atoms with Crippen LogP contribution in [-0.2, 0) is 4.79 Å². The largest absolute Gasteiger partial charge is 0.390 e. The molecule has 0 bridgehead atoms. The lowest BCUT2D eigenvalue weighted by Gasteiger charge is -2.11. The van der Waals surface area contributed by atoms with Crippen molar-refractivity contribution in [1.82, 2.24) is 0 Å². The van der Waals surface area contributed by atoms with Gasteiger partial charge >= 0.3 is 0 Å². The van der Waals surface area contributed by atoms with Gasteiger partial charge in [0.2, 0.25) is 0 Å². The first kappa shape index (κ1) is 10.8. The van der Waals surface area contributed by atoms with E-state index in [4.69, 9.17) is 0 Å². The van der Waals surface area contributed by atoms with Gasteiger partial charge in [-0.05, 0) is 36.3 Å². The summed E-state index contributed by atoms with van der Waals surface area (Å²) in [6.07, 6.45) is 2.42. The molecule has 2 N–H and O–H groups in total. The van der Waals surface area contributed by atoms with E-state index in [0.717, 1.165) is 30.4 Å². The Kier molecular flexibility index (Phi) is 2.94. The molecule has 3 nitrogen and oxygen atoms in total. The maximum absolute atomic E-state index is 11.7. The van der Waals surface area contributed by atoms with Crippen LogP contribution < -0.4 is 0 Å². The van der Waals surface area contributed by atoms with Gasteiger partial charge in [0.25, 0.3) is 0 Å². The molecule has 15 heavy (non-hydrogen) atoms. The van der Waals surface area contributed by atoms with Crippen molar-refractivity contribution >= 4 is 5.78 Å². The molecule has 0 aromatic carbocycles. The molecule has 84 valence electrons. The number of aliphatic hydroxyl groups excluding tert-OH is 2. The summed E-state index contributed by atoms with van der Waals surface area (Å²) in [5, 5.41) is 19.3. The molecule has 1 fully saturated rings. The van der Waals surface area contributed by atoms with Gasteiger partial charge in [-0.3, -0.25) is 4.79 Å². The number of fused-ring (bicyclic) bond motifs is 1. The lowest BCUT2D eigenvalue weighted by molar-refractivity contribution is -0.115. The smallest absolute Gasteiger partial charge is 0.159 e. The zero-order valence-electron chi connectivity index (χ0n) is 9.07. The minimum atomic E-state index is -0.784. The summed E-state index contributed by atoms with van der Waals surface area (Å²) in [5.74, 6) is 0.309. The van der Waals surface area contributed by atoms with Gasteiger partial charge in [-0.1, -0.05) is 13.3 Å². The first-order valence-electron chi connectivity index (χ1n) is 5.77. The molecule has 2 rings (SSSR count). The van der Waals surface area contributed by atoms with Crippen molar-refractivity contribution in [2.75, 3.05) is 0 Å². The topological polar surface area (TPSA) is 57.5 Å². The number of unbranched alkanes of at least 4 members (excludes halogenated alkanes) is 1. The van der Waals surface area contributed by atoms with Crippen molar-refractivity contribution in [2.24, 2.45) is 5.92 Å². The van der Waals surface area contributed by atoms with E-state index < -0.39 is 12.2 Å². The summed E-state index contributed by atoms with van der Waals surface area (Å²) in [5.41, 5.74) is 1.66. The number of Topliss-reactive ketones (excluding diaryl/α,β-unsaturated/α-hetero) is 1. The number of allylic oxidation sites excluding steroid dienone is 1. The summed E-state index contributed by atoms with van der Waals surface area (Å²) in [6.45, 7) is 2.09. The SMILES string of the molecule is CCCCC1=C2[C@H](CC1=O)C[C@H](O)[C@H]2O. The van der Waals surface area contributed by atoms with Crippen molar-refractivity contribution < 1.29 is 15.0 Å². The molecule has 0 saturated heterocycles. The van der Waals surface area contributed by atoms with Crippen LogP contribution in [0.1, 0.15) is 39.0 Å². The average Bonchev–Trinajstić information content (AvgIpc) is 2.63. The van der Waals surface area contributed by atoms with E-state index in [9.17, 15) is 15.0 Å². The number of hydrogen-bond acceptors (Lipinski definition) is 3. The standard InChI is InChI=1S/C12H18O3/c1-2-3-4-8-9(13)5-7-6-10(14)12(15)11(7)8/h7,10,12,14-15H,2-6H2,1H3/t7-,10+,12-/m1/s1. The van der Waals surface area contributed by atoms with Crippen LogP contribution in [0.15, 0.2) is 11.1 Å². The van der Waals surface area contributed by atoms with Crippen LogP contribution in [0.4, 0.5) is 0 Å². The molecule has 0 spiro atoms. The van der Waals surface area contributed by atoms with E-state index in [1.165, 1.54) is 0 Å². The first-order chi connectivity index (χ1) is 7.15. The van der Waals surface area contributed by atoms with Crippen molar-refractivity contribution in [1.29, 1.82) is 0 Å². The van der Waals surface area contributed by atoms with Crippen LogP contribution in [0, 0.1) is 5.92 Å². The van der Waals surface area contributed by atoms with Crippen molar-refractivity contribution in [3.05, 3.63) is 11.1 Å². The third-order valence-corrected chi connectivity index (χ3v) is 3.55. The molecule has 3 atom stereocenters. The van der Waals surface area contributed by atoms with Gasteiger partial charge < -0.3 is 10.2 Å². The Hall–Kier alpha value is -0.670. The predicted molar refractivity (Wildman–Crippen MR) is 56.3 cm³/mol. The fourth-order valence-corrected chi connectivity index (χ4v) is 2.76. The van der Waals surface area contributed by atoms with Crippen LogP contribution in [0.3, 0.4) is 0 Å². The summed E-state index contributed by atoms with van der Waals surface area (Å²) in [6, 6.07) is 0. The number of rotatable bonds is 3. The van der Waals surface area contributed by atoms with Crippen LogP contribution in [0.25, 0.3) is 0 Å². The normalized spacial score (nSPS) is 35.1. The second-order valence-corrected chi connectivity index (χ2v) is 4.61. The Balaban J connectivity index is 2.23. The molecular weight excluding hydrogens is 192 g/mol.